The predicted molar refractivity (Wildman–Crippen MR) is 46.2 cm³/mol. The summed E-state index contributed by atoms with van der Waals surface area (Å²) in [4.78, 5) is 14.6. The fraction of sp³-hybridized carbons (Fsp3) is 0.750. The standard InChI is InChI=1S/C8H15NO3/c1-4-12-7(9-2)5-6-8(10)11-3/h4-6H2,1-3H3. The molecule has 0 aliphatic rings. The molecule has 0 spiro atoms. The van der Waals surface area contributed by atoms with Gasteiger partial charge in [0, 0.05) is 13.5 Å². The molecule has 0 heterocycles. The van der Waals surface area contributed by atoms with Crippen molar-refractivity contribution in [3.63, 3.8) is 0 Å². The highest BCUT2D eigenvalue weighted by atomic mass is 16.5. The van der Waals surface area contributed by atoms with Gasteiger partial charge in [-0.1, -0.05) is 0 Å². The summed E-state index contributed by atoms with van der Waals surface area (Å²) in [6.07, 6.45) is 0.834. The van der Waals surface area contributed by atoms with E-state index < -0.39 is 0 Å². The van der Waals surface area contributed by atoms with Gasteiger partial charge < -0.3 is 9.47 Å². The molecule has 0 saturated heterocycles. The quantitative estimate of drug-likeness (QED) is 0.362. The van der Waals surface area contributed by atoms with E-state index >= 15 is 0 Å². The average Bonchev–Trinajstić information content (AvgIpc) is 2.11. The summed E-state index contributed by atoms with van der Waals surface area (Å²) in [6.45, 7) is 2.46. The largest absolute Gasteiger partial charge is 0.481 e. The second-order valence-electron chi connectivity index (χ2n) is 2.13. The van der Waals surface area contributed by atoms with Gasteiger partial charge in [0.1, 0.15) is 0 Å². The van der Waals surface area contributed by atoms with E-state index in [0.29, 0.717) is 25.3 Å². The fourth-order valence-electron chi connectivity index (χ4n) is 0.726. The molecule has 0 bridgehead atoms. The van der Waals surface area contributed by atoms with Crippen molar-refractivity contribution < 1.29 is 14.3 Å². The zero-order valence-corrected chi connectivity index (χ0v) is 7.79. The number of esters is 1. The lowest BCUT2D eigenvalue weighted by Gasteiger charge is -2.04. The van der Waals surface area contributed by atoms with Gasteiger partial charge in [-0.15, -0.1) is 0 Å². The molecule has 70 valence electrons. The van der Waals surface area contributed by atoms with Gasteiger partial charge in [-0.25, -0.2) is 0 Å². The summed E-state index contributed by atoms with van der Waals surface area (Å²) in [6, 6.07) is 0. The van der Waals surface area contributed by atoms with Crippen LogP contribution >= 0.6 is 0 Å². The van der Waals surface area contributed by atoms with Gasteiger partial charge in [-0.2, -0.15) is 0 Å². The molecule has 0 aliphatic carbocycles. The number of carbonyl (C=O) groups is 1. The molecule has 0 aromatic carbocycles. The summed E-state index contributed by atoms with van der Waals surface area (Å²) in [5.41, 5.74) is 0. The minimum absolute atomic E-state index is 0.240. The van der Waals surface area contributed by atoms with Gasteiger partial charge in [-0.3, -0.25) is 9.79 Å². The predicted octanol–water partition coefficient (Wildman–Crippen LogP) is 1.00. The highest BCUT2D eigenvalue weighted by Gasteiger charge is 2.04. The minimum atomic E-state index is -0.240. The van der Waals surface area contributed by atoms with Crippen molar-refractivity contribution in [2.24, 2.45) is 4.99 Å². The first kappa shape index (κ1) is 10.9. The minimum Gasteiger partial charge on any atom is -0.481 e. The normalized spacial score (nSPS) is 11.1. The Labute approximate surface area is 72.6 Å². The molecule has 0 aliphatic heterocycles. The molecule has 0 N–H and O–H groups in total. The average molecular weight is 173 g/mol. The van der Waals surface area contributed by atoms with E-state index in [2.05, 4.69) is 9.73 Å². The van der Waals surface area contributed by atoms with Crippen LogP contribution in [0, 0.1) is 0 Å². The number of hydrogen-bond acceptors (Lipinski definition) is 4. The Kier molecular flexibility index (Phi) is 6.05. The summed E-state index contributed by atoms with van der Waals surface area (Å²) < 4.78 is 9.60. The summed E-state index contributed by atoms with van der Waals surface area (Å²) >= 11 is 0. The number of carbonyl (C=O) groups excluding carboxylic acids is 1. The molecular weight excluding hydrogens is 158 g/mol. The van der Waals surface area contributed by atoms with Gasteiger partial charge in [0.15, 0.2) is 5.90 Å². The highest BCUT2D eigenvalue weighted by molar-refractivity contribution is 5.81. The third-order valence-electron chi connectivity index (χ3n) is 1.33. The van der Waals surface area contributed by atoms with Gasteiger partial charge in [0.25, 0.3) is 0 Å². The maximum absolute atomic E-state index is 10.7. The van der Waals surface area contributed by atoms with Crippen molar-refractivity contribution in [3.8, 4) is 0 Å². The Morgan fingerprint density at radius 3 is 2.50 bits per heavy atom. The van der Waals surface area contributed by atoms with Crippen LogP contribution in [0.15, 0.2) is 4.99 Å². The number of aliphatic imine (C=N–C) groups is 1. The molecule has 0 fully saturated rings. The zero-order valence-electron chi connectivity index (χ0n) is 7.79. The van der Waals surface area contributed by atoms with E-state index in [9.17, 15) is 4.79 Å². The van der Waals surface area contributed by atoms with Crippen LogP contribution in [0.3, 0.4) is 0 Å². The molecule has 12 heavy (non-hydrogen) atoms. The number of nitrogens with zero attached hydrogens (tertiary/aromatic N) is 1. The molecule has 4 heteroatoms. The highest BCUT2D eigenvalue weighted by Crippen LogP contribution is 1.96. The van der Waals surface area contributed by atoms with Crippen molar-refractivity contribution >= 4 is 11.9 Å². The Hall–Kier alpha value is -1.06. The first-order valence-electron chi connectivity index (χ1n) is 3.89. The fourth-order valence-corrected chi connectivity index (χ4v) is 0.726. The number of hydrogen-bond donors (Lipinski definition) is 0. The Morgan fingerprint density at radius 2 is 2.08 bits per heavy atom. The molecule has 0 saturated carbocycles. The molecule has 0 aromatic heterocycles. The summed E-state index contributed by atoms with van der Waals surface area (Å²) in [5.74, 6) is 0.360. The lowest BCUT2D eigenvalue weighted by molar-refractivity contribution is -0.140. The molecule has 0 unspecified atom stereocenters. The van der Waals surface area contributed by atoms with Crippen LogP contribution in [0.5, 0.6) is 0 Å². The van der Waals surface area contributed by atoms with Crippen molar-refractivity contribution in [2.75, 3.05) is 20.8 Å². The van der Waals surface area contributed by atoms with Crippen LogP contribution in [-0.2, 0) is 14.3 Å². The topological polar surface area (TPSA) is 47.9 Å². The SMILES string of the molecule is CCOC(CCC(=O)OC)=NC. The smallest absolute Gasteiger partial charge is 0.306 e. The van der Waals surface area contributed by atoms with Crippen LogP contribution in [0.4, 0.5) is 0 Å². The third-order valence-corrected chi connectivity index (χ3v) is 1.33. The first-order valence-corrected chi connectivity index (χ1v) is 3.89. The third kappa shape index (κ3) is 4.71. The molecule has 0 atom stereocenters. The van der Waals surface area contributed by atoms with Crippen LogP contribution in [0.25, 0.3) is 0 Å². The Balaban J connectivity index is 3.66. The van der Waals surface area contributed by atoms with Crippen LogP contribution in [-0.4, -0.2) is 32.6 Å². The van der Waals surface area contributed by atoms with Gasteiger partial charge in [-0.05, 0) is 6.92 Å². The second-order valence-corrected chi connectivity index (χ2v) is 2.13. The van der Waals surface area contributed by atoms with E-state index in [1.807, 2.05) is 6.92 Å². The van der Waals surface area contributed by atoms with E-state index in [1.165, 1.54) is 7.11 Å². The molecule has 0 amide bonds. The molecule has 0 rings (SSSR count). The lowest BCUT2D eigenvalue weighted by atomic mass is 10.3. The first-order chi connectivity index (χ1) is 5.74. The molecule has 0 radical (unpaired) electrons. The van der Waals surface area contributed by atoms with E-state index in [0.717, 1.165) is 0 Å². The zero-order chi connectivity index (χ0) is 9.40. The number of rotatable bonds is 4. The van der Waals surface area contributed by atoms with Crippen molar-refractivity contribution in [3.05, 3.63) is 0 Å². The maximum atomic E-state index is 10.7. The summed E-state index contributed by atoms with van der Waals surface area (Å²) in [5, 5.41) is 0. The van der Waals surface area contributed by atoms with E-state index in [1.54, 1.807) is 7.05 Å². The van der Waals surface area contributed by atoms with Crippen LogP contribution in [0.2, 0.25) is 0 Å². The van der Waals surface area contributed by atoms with E-state index in [-0.39, 0.29) is 5.97 Å². The van der Waals surface area contributed by atoms with E-state index in [4.69, 9.17) is 4.74 Å². The van der Waals surface area contributed by atoms with Gasteiger partial charge >= 0.3 is 5.97 Å². The Morgan fingerprint density at radius 1 is 1.42 bits per heavy atom. The molecule has 0 aromatic rings. The van der Waals surface area contributed by atoms with Gasteiger partial charge in [0.2, 0.25) is 0 Å². The second kappa shape index (κ2) is 6.64. The van der Waals surface area contributed by atoms with Crippen molar-refractivity contribution in [1.29, 1.82) is 0 Å². The summed E-state index contributed by atoms with van der Waals surface area (Å²) in [7, 11) is 3.01. The maximum Gasteiger partial charge on any atom is 0.306 e. The monoisotopic (exact) mass is 173 g/mol. The molecular formula is C8H15NO3. The lowest BCUT2D eigenvalue weighted by Crippen LogP contribution is -2.08. The number of ether oxygens (including phenoxy) is 2. The Bertz CT molecular complexity index is 166. The van der Waals surface area contributed by atoms with Gasteiger partial charge in [0.05, 0.1) is 20.1 Å². The van der Waals surface area contributed by atoms with Crippen LogP contribution < -0.4 is 0 Å². The van der Waals surface area contributed by atoms with Crippen molar-refractivity contribution in [2.45, 2.75) is 19.8 Å². The van der Waals surface area contributed by atoms with Crippen LogP contribution in [0.1, 0.15) is 19.8 Å². The number of methoxy groups -OCH3 is 1. The molecule has 4 nitrogen and oxygen atoms in total. The van der Waals surface area contributed by atoms with Crippen molar-refractivity contribution in [1.82, 2.24) is 0 Å².